The second-order valence-corrected chi connectivity index (χ2v) is 5.26. The third-order valence-electron chi connectivity index (χ3n) is 3.01. The molecule has 1 aromatic carbocycles. The minimum absolute atomic E-state index is 0.841. The first kappa shape index (κ1) is 11.4. The molecule has 0 saturated carbocycles. The lowest BCUT2D eigenvalue weighted by molar-refractivity contribution is 0.766. The van der Waals surface area contributed by atoms with Gasteiger partial charge in [-0.2, -0.15) is 5.10 Å². The van der Waals surface area contributed by atoms with Crippen molar-refractivity contribution in [2.75, 3.05) is 7.05 Å². The van der Waals surface area contributed by atoms with Gasteiger partial charge in [0.15, 0.2) is 0 Å². The van der Waals surface area contributed by atoms with Crippen molar-refractivity contribution in [2.24, 2.45) is 7.05 Å². The van der Waals surface area contributed by atoms with Crippen molar-refractivity contribution in [3.05, 3.63) is 41.4 Å². The zero-order chi connectivity index (χ0) is 12.5. The van der Waals surface area contributed by atoms with Crippen molar-refractivity contribution in [2.45, 2.75) is 6.54 Å². The summed E-state index contributed by atoms with van der Waals surface area (Å²) in [5.74, 6) is 0. The van der Waals surface area contributed by atoms with Gasteiger partial charge >= 0.3 is 0 Å². The van der Waals surface area contributed by atoms with Gasteiger partial charge in [-0.3, -0.25) is 4.68 Å². The second-order valence-electron chi connectivity index (χ2n) is 4.35. The number of aromatic nitrogens is 2. The highest BCUT2D eigenvalue weighted by molar-refractivity contribution is 7.17. The van der Waals surface area contributed by atoms with Crippen molar-refractivity contribution in [1.29, 1.82) is 0 Å². The van der Waals surface area contributed by atoms with Crippen molar-refractivity contribution in [3.63, 3.8) is 0 Å². The Morgan fingerprint density at radius 2 is 2.17 bits per heavy atom. The van der Waals surface area contributed by atoms with Crippen LogP contribution in [0.15, 0.2) is 35.8 Å². The third-order valence-corrected chi connectivity index (χ3v) is 3.97. The molecule has 0 spiro atoms. The molecule has 0 saturated heterocycles. The minimum atomic E-state index is 0.841. The highest BCUT2D eigenvalue weighted by Crippen LogP contribution is 2.34. The molecule has 2 aromatic heterocycles. The smallest absolute Gasteiger partial charge is 0.0982 e. The van der Waals surface area contributed by atoms with Gasteiger partial charge in [0, 0.05) is 46.4 Å². The Morgan fingerprint density at radius 3 is 3.00 bits per heavy atom. The van der Waals surface area contributed by atoms with Crippen LogP contribution in [0.1, 0.15) is 5.56 Å². The van der Waals surface area contributed by atoms with Gasteiger partial charge in [0.2, 0.25) is 0 Å². The summed E-state index contributed by atoms with van der Waals surface area (Å²) in [7, 11) is 3.93. The Hall–Kier alpha value is -1.65. The van der Waals surface area contributed by atoms with Gasteiger partial charge in [-0.25, -0.2) is 0 Å². The number of nitrogens with one attached hydrogen (secondary N) is 1. The molecular weight excluding hydrogens is 242 g/mol. The summed E-state index contributed by atoms with van der Waals surface area (Å²) in [5.41, 5.74) is 3.56. The Balaban J connectivity index is 2.19. The van der Waals surface area contributed by atoms with Crippen LogP contribution in [-0.4, -0.2) is 16.8 Å². The van der Waals surface area contributed by atoms with Crippen LogP contribution in [0.4, 0.5) is 0 Å². The van der Waals surface area contributed by atoms with E-state index in [1.807, 2.05) is 18.8 Å². The van der Waals surface area contributed by atoms with Gasteiger partial charge in [-0.15, -0.1) is 11.3 Å². The monoisotopic (exact) mass is 257 g/mol. The van der Waals surface area contributed by atoms with Crippen LogP contribution in [0, 0.1) is 0 Å². The second kappa shape index (κ2) is 4.55. The molecule has 0 fully saturated rings. The van der Waals surface area contributed by atoms with E-state index < -0.39 is 0 Å². The van der Waals surface area contributed by atoms with E-state index in [0.717, 1.165) is 12.2 Å². The molecule has 0 atom stereocenters. The standard InChI is InChI=1S/C14H15N3S/c1-15-7-10-8-17(2)16-14(10)12-9-18-13-6-4-3-5-11(12)13/h3-6,8-9,15H,7H2,1-2H3. The summed E-state index contributed by atoms with van der Waals surface area (Å²) < 4.78 is 3.20. The average molecular weight is 257 g/mol. The number of benzene rings is 1. The van der Waals surface area contributed by atoms with Crippen LogP contribution >= 0.6 is 11.3 Å². The molecule has 0 aliphatic carbocycles. The van der Waals surface area contributed by atoms with Crippen molar-refractivity contribution in [3.8, 4) is 11.3 Å². The molecular formula is C14H15N3S. The normalized spacial score (nSPS) is 11.2. The summed E-state index contributed by atoms with van der Waals surface area (Å²) >= 11 is 1.78. The number of aryl methyl sites for hydroxylation is 1. The molecule has 0 bridgehead atoms. The lowest BCUT2D eigenvalue weighted by Crippen LogP contribution is -2.05. The molecule has 3 rings (SSSR count). The minimum Gasteiger partial charge on any atom is -0.316 e. The predicted molar refractivity (Wildman–Crippen MR) is 76.8 cm³/mol. The van der Waals surface area contributed by atoms with Crippen LogP contribution in [0.5, 0.6) is 0 Å². The fraction of sp³-hybridized carbons (Fsp3) is 0.214. The molecule has 0 amide bonds. The van der Waals surface area contributed by atoms with Crippen LogP contribution in [-0.2, 0) is 13.6 Å². The summed E-state index contributed by atoms with van der Waals surface area (Å²) in [6.45, 7) is 0.841. The number of thiophene rings is 1. The van der Waals surface area contributed by atoms with Gasteiger partial charge in [-0.1, -0.05) is 18.2 Å². The molecule has 0 aliphatic rings. The summed E-state index contributed by atoms with van der Waals surface area (Å²) in [5, 5.41) is 11.3. The molecule has 92 valence electrons. The lowest BCUT2D eigenvalue weighted by Gasteiger charge is -2.00. The molecule has 0 radical (unpaired) electrons. The zero-order valence-electron chi connectivity index (χ0n) is 10.5. The number of hydrogen-bond donors (Lipinski definition) is 1. The maximum Gasteiger partial charge on any atom is 0.0982 e. The van der Waals surface area contributed by atoms with Crippen LogP contribution in [0.3, 0.4) is 0 Å². The molecule has 3 aromatic rings. The van der Waals surface area contributed by atoms with E-state index in [2.05, 4.69) is 46.3 Å². The molecule has 2 heterocycles. The number of rotatable bonds is 3. The SMILES string of the molecule is CNCc1cn(C)nc1-c1csc2ccccc12. The van der Waals surface area contributed by atoms with Crippen LogP contribution in [0.25, 0.3) is 21.3 Å². The van der Waals surface area contributed by atoms with Crippen molar-refractivity contribution in [1.82, 2.24) is 15.1 Å². The molecule has 0 aliphatic heterocycles. The van der Waals surface area contributed by atoms with E-state index in [1.165, 1.54) is 21.2 Å². The van der Waals surface area contributed by atoms with E-state index in [9.17, 15) is 0 Å². The first-order valence-electron chi connectivity index (χ1n) is 5.93. The van der Waals surface area contributed by atoms with Gasteiger partial charge in [0.25, 0.3) is 0 Å². The third kappa shape index (κ3) is 1.83. The lowest BCUT2D eigenvalue weighted by atomic mass is 10.1. The largest absolute Gasteiger partial charge is 0.316 e. The molecule has 4 heteroatoms. The Labute approximate surface area is 110 Å². The van der Waals surface area contributed by atoms with Gasteiger partial charge in [-0.05, 0) is 13.1 Å². The van der Waals surface area contributed by atoms with Crippen LogP contribution in [0.2, 0.25) is 0 Å². The maximum atomic E-state index is 4.61. The van der Waals surface area contributed by atoms with Gasteiger partial charge in [0.05, 0.1) is 5.69 Å². The van der Waals surface area contributed by atoms with E-state index in [4.69, 9.17) is 0 Å². The predicted octanol–water partition coefficient (Wildman–Crippen LogP) is 3.02. The number of fused-ring (bicyclic) bond motifs is 1. The molecule has 1 N–H and O–H groups in total. The van der Waals surface area contributed by atoms with E-state index in [0.29, 0.717) is 0 Å². The molecule has 0 unspecified atom stereocenters. The van der Waals surface area contributed by atoms with Crippen molar-refractivity contribution >= 4 is 21.4 Å². The first-order chi connectivity index (χ1) is 8.79. The fourth-order valence-electron chi connectivity index (χ4n) is 2.25. The Morgan fingerprint density at radius 1 is 1.33 bits per heavy atom. The van der Waals surface area contributed by atoms with Gasteiger partial charge in [0.1, 0.15) is 0 Å². The highest BCUT2D eigenvalue weighted by atomic mass is 32.1. The van der Waals surface area contributed by atoms with Crippen LogP contribution < -0.4 is 5.32 Å². The first-order valence-corrected chi connectivity index (χ1v) is 6.81. The number of nitrogens with zero attached hydrogens (tertiary/aromatic N) is 2. The molecule has 18 heavy (non-hydrogen) atoms. The highest BCUT2D eigenvalue weighted by Gasteiger charge is 2.13. The van der Waals surface area contributed by atoms with E-state index >= 15 is 0 Å². The summed E-state index contributed by atoms with van der Waals surface area (Å²) in [6, 6.07) is 8.48. The zero-order valence-corrected chi connectivity index (χ0v) is 11.3. The Bertz CT molecular complexity index is 681. The average Bonchev–Trinajstić information content (AvgIpc) is 2.93. The van der Waals surface area contributed by atoms with Gasteiger partial charge < -0.3 is 5.32 Å². The van der Waals surface area contributed by atoms with E-state index in [-0.39, 0.29) is 0 Å². The quantitative estimate of drug-likeness (QED) is 0.781. The van der Waals surface area contributed by atoms with E-state index in [1.54, 1.807) is 11.3 Å². The molecule has 3 nitrogen and oxygen atoms in total. The Kier molecular flexibility index (Phi) is 2.89. The summed E-state index contributed by atoms with van der Waals surface area (Å²) in [4.78, 5) is 0. The fourth-order valence-corrected chi connectivity index (χ4v) is 3.19. The van der Waals surface area contributed by atoms with Crippen molar-refractivity contribution < 1.29 is 0 Å². The number of hydrogen-bond acceptors (Lipinski definition) is 3. The maximum absolute atomic E-state index is 4.61. The summed E-state index contributed by atoms with van der Waals surface area (Å²) in [6.07, 6.45) is 2.08. The topological polar surface area (TPSA) is 29.9 Å².